The molecule has 0 unspecified atom stereocenters. The van der Waals surface area contributed by atoms with Gasteiger partial charge < -0.3 is 4.74 Å². The smallest absolute Gasteiger partial charge is 0.214 e. The molecule has 7 nitrogen and oxygen atoms in total. The molecule has 2 aliphatic heterocycles. The van der Waals surface area contributed by atoms with Gasteiger partial charge in [-0.2, -0.15) is 9.40 Å². The van der Waals surface area contributed by atoms with E-state index in [1.807, 2.05) is 30.7 Å². The fourth-order valence-corrected chi connectivity index (χ4v) is 5.00. The summed E-state index contributed by atoms with van der Waals surface area (Å²) in [5.74, 6) is 2.62. The number of rotatable bonds is 5. The van der Waals surface area contributed by atoms with Crippen LogP contribution in [-0.4, -0.2) is 52.9 Å². The van der Waals surface area contributed by atoms with Crippen molar-refractivity contribution in [2.45, 2.75) is 32.7 Å². The predicted molar refractivity (Wildman–Crippen MR) is 93.2 cm³/mol. The number of benzene rings is 1. The van der Waals surface area contributed by atoms with Crippen LogP contribution in [-0.2, 0) is 22.9 Å². The highest BCUT2D eigenvalue weighted by Crippen LogP contribution is 2.28. The molecule has 2 aliphatic rings. The van der Waals surface area contributed by atoms with Crippen molar-refractivity contribution in [2.75, 3.05) is 25.4 Å². The zero-order chi connectivity index (χ0) is 17.6. The van der Waals surface area contributed by atoms with Gasteiger partial charge in [0.2, 0.25) is 10.0 Å². The molecule has 0 aliphatic carbocycles. The van der Waals surface area contributed by atoms with E-state index in [1.165, 1.54) is 5.56 Å². The summed E-state index contributed by atoms with van der Waals surface area (Å²) < 4.78 is 34.0. The maximum atomic E-state index is 12.5. The van der Waals surface area contributed by atoms with E-state index in [9.17, 15) is 8.42 Å². The third-order valence-electron chi connectivity index (χ3n) is 4.88. The minimum absolute atomic E-state index is 0.0909. The molecule has 0 saturated carbocycles. The summed E-state index contributed by atoms with van der Waals surface area (Å²) >= 11 is 0. The summed E-state index contributed by atoms with van der Waals surface area (Å²) in [6, 6.07) is 6.06. The maximum absolute atomic E-state index is 12.5. The lowest BCUT2D eigenvalue weighted by Crippen LogP contribution is -2.52. The number of fused-ring (bicyclic) bond motifs is 1. The van der Waals surface area contributed by atoms with Crippen molar-refractivity contribution in [1.82, 2.24) is 19.1 Å². The first-order chi connectivity index (χ1) is 11.9. The van der Waals surface area contributed by atoms with E-state index in [-0.39, 0.29) is 11.8 Å². The van der Waals surface area contributed by atoms with Crippen molar-refractivity contribution in [3.63, 3.8) is 0 Å². The molecule has 0 atom stereocenters. The van der Waals surface area contributed by atoms with Gasteiger partial charge in [-0.05, 0) is 37.5 Å². The van der Waals surface area contributed by atoms with Gasteiger partial charge in [-0.3, -0.25) is 0 Å². The summed E-state index contributed by atoms with van der Waals surface area (Å²) in [4.78, 5) is 4.28. The highest BCUT2D eigenvalue weighted by Gasteiger charge is 2.37. The Kier molecular flexibility index (Phi) is 4.04. The van der Waals surface area contributed by atoms with Crippen LogP contribution in [0.1, 0.15) is 28.8 Å². The third kappa shape index (κ3) is 3.16. The van der Waals surface area contributed by atoms with Crippen LogP contribution in [0.3, 0.4) is 0 Å². The zero-order valence-electron chi connectivity index (χ0n) is 14.5. The average Bonchev–Trinajstić information content (AvgIpc) is 3.09. The molecular formula is C17H22N4O3S. The molecule has 8 heteroatoms. The summed E-state index contributed by atoms with van der Waals surface area (Å²) in [6.45, 7) is 5.41. The summed E-state index contributed by atoms with van der Waals surface area (Å²) in [5, 5.41) is 4.35. The second-order valence-corrected chi connectivity index (χ2v) is 8.82. The van der Waals surface area contributed by atoms with E-state index >= 15 is 0 Å². The molecule has 0 N–H and O–H groups in total. The molecule has 1 saturated heterocycles. The Morgan fingerprint density at radius 1 is 1.28 bits per heavy atom. The number of hydrogen-bond acceptors (Lipinski definition) is 5. The van der Waals surface area contributed by atoms with Crippen molar-refractivity contribution in [1.29, 1.82) is 0 Å². The van der Waals surface area contributed by atoms with Crippen LogP contribution in [0.25, 0.3) is 0 Å². The first-order valence-electron chi connectivity index (χ1n) is 8.54. The van der Waals surface area contributed by atoms with Crippen LogP contribution in [0.4, 0.5) is 0 Å². The predicted octanol–water partition coefficient (Wildman–Crippen LogP) is 1.26. The Morgan fingerprint density at radius 3 is 2.80 bits per heavy atom. The molecule has 2 aromatic rings. The Bertz CT molecular complexity index is 901. The summed E-state index contributed by atoms with van der Waals surface area (Å²) in [7, 11) is -3.24. The number of sulfonamides is 1. The first-order valence-corrected chi connectivity index (χ1v) is 10.2. The number of aromatic nitrogens is 3. The topological polar surface area (TPSA) is 77.3 Å². The minimum Gasteiger partial charge on any atom is -0.493 e. The van der Waals surface area contributed by atoms with E-state index in [0.29, 0.717) is 26.1 Å². The number of nitrogens with zero attached hydrogens (tertiary/aromatic N) is 4. The number of aryl methyl sites for hydroxylation is 3. The van der Waals surface area contributed by atoms with E-state index in [2.05, 4.69) is 16.1 Å². The quantitative estimate of drug-likeness (QED) is 0.800. The van der Waals surface area contributed by atoms with Crippen LogP contribution >= 0.6 is 0 Å². The van der Waals surface area contributed by atoms with Gasteiger partial charge in [0.05, 0.1) is 18.4 Å². The molecule has 1 aromatic heterocycles. The molecule has 0 amide bonds. The second kappa shape index (κ2) is 6.10. The van der Waals surface area contributed by atoms with Gasteiger partial charge in [-0.25, -0.2) is 18.1 Å². The van der Waals surface area contributed by atoms with E-state index in [1.54, 1.807) is 4.31 Å². The molecule has 25 heavy (non-hydrogen) atoms. The Hall–Kier alpha value is -1.93. The van der Waals surface area contributed by atoms with Crippen molar-refractivity contribution >= 4 is 10.0 Å². The highest BCUT2D eigenvalue weighted by molar-refractivity contribution is 7.89. The van der Waals surface area contributed by atoms with Gasteiger partial charge in [0, 0.05) is 19.5 Å². The van der Waals surface area contributed by atoms with E-state index in [4.69, 9.17) is 4.74 Å². The Balaban J connectivity index is 1.36. The normalized spacial score (nSPS) is 18.0. The van der Waals surface area contributed by atoms with Crippen molar-refractivity contribution in [3.8, 4) is 5.75 Å². The second-order valence-electron chi connectivity index (χ2n) is 6.73. The maximum Gasteiger partial charge on any atom is 0.214 e. The zero-order valence-corrected chi connectivity index (χ0v) is 15.3. The van der Waals surface area contributed by atoms with Gasteiger partial charge >= 0.3 is 0 Å². The Morgan fingerprint density at radius 2 is 2.08 bits per heavy atom. The molecule has 4 rings (SSSR count). The molecule has 0 radical (unpaired) electrons. The standard InChI is InChI=1S/C17H22N4O3S/c1-12-18-13(2)21(19-12)16-10-20(11-16)25(22,23)8-6-14-3-4-17-15(9-14)5-7-24-17/h3-4,9,16H,5-8,10-11H2,1-2H3. The van der Waals surface area contributed by atoms with Crippen molar-refractivity contribution < 1.29 is 13.2 Å². The molecule has 0 spiro atoms. The first kappa shape index (κ1) is 16.5. The van der Waals surface area contributed by atoms with Gasteiger partial charge in [0.1, 0.15) is 17.4 Å². The van der Waals surface area contributed by atoms with Gasteiger partial charge in [0.15, 0.2) is 0 Å². The monoisotopic (exact) mass is 362 g/mol. The van der Waals surface area contributed by atoms with Crippen molar-refractivity contribution in [2.24, 2.45) is 0 Å². The third-order valence-corrected chi connectivity index (χ3v) is 6.68. The number of ether oxygens (including phenoxy) is 1. The molecule has 1 fully saturated rings. The minimum atomic E-state index is -3.24. The summed E-state index contributed by atoms with van der Waals surface area (Å²) in [5.41, 5.74) is 2.23. The largest absolute Gasteiger partial charge is 0.493 e. The lowest BCUT2D eigenvalue weighted by Gasteiger charge is -2.38. The van der Waals surface area contributed by atoms with Gasteiger partial charge in [-0.1, -0.05) is 12.1 Å². The van der Waals surface area contributed by atoms with Crippen LogP contribution in [0, 0.1) is 13.8 Å². The van der Waals surface area contributed by atoms with Gasteiger partial charge in [0.25, 0.3) is 0 Å². The van der Waals surface area contributed by atoms with E-state index < -0.39 is 10.0 Å². The van der Waals surface area contributed by atoms with Gasteiger partial charge in [-0.15, -0.1) is 0 Å². The highest BCUT2D eigenvalue weighted by atomic mass is 32.2. The fourth-order valence-electron chi connectivity index (χ4n) is 3.45. The summed E-state index contributed by atoms with van der Waals surface area (Å²) in [6.07, 6.45) is 1.43. The molecule has 134 valence electrons. The van der Waals surface area contributed by atoms with Crippen molar-refractivity contribution in [3.05, 3.63) is 41.0 Å². The molecular weight excluding hydrogens is 340 g/mol. The molecule has 1 aromatic carbocycles. The lowest BCUT2D eigenvalue weighted by molar-refractivity contribution is 0.188. The SMILES string of the molecule is Cc1nc(C)n(C2CN(S(=O)(=O)CCc3ccc4c(c3)CCO4)C2)n1. The van der Waals surface area contributed by atoms with Crippen LogP contribution in [0.2, 0.25) is 0 Å². The molecule has 3 heterocycles. The number of hydrogen-bond donors (Lipinski definition) is 0. The Labute approximate surface area is 147 Å². The van der Waals surface area contributed by atoms with E-state index in [0.717, 1.165) is 29.4 Å². The molecule has 0 bridgehead atoms. The van der Waals surface area contributed by atoms with Crippen LogP contribution in [0.15, 0.2) is 18.2 Å². The van der Waals surface area contributed by atoms with Crippen LogP contribution in [0.5, 0.6) is 5.75 Å². The lowest BCUT2D eigenvalue weighted by atomic mass is 10.1. The average molecular weight is 362 g/mol. The van der Waals surface area contributed by atoms with Crippen LogP contribution < -0.4 is 4.74 Å². The fraction of sp³-hybridized carbons (Fsp3) is 0.529.